The molecule has 0 N–H and O–H groups in total. The molecule has 8 heteroatoms. The van der Waals surface area contributed by atoms with Gasteiger partial charge in [-0.2, -0.15) is 0 Å². The van der Waals surface area contributed by atoms with Gasteiger partial charge in [-0.3, -0.25) is 9.36 Å². The van der Waals surface area contributed by atoms with Crippen LogP contribution in [0.1, 0.15) is 5.56 Å². The highest BCUT2D eigenvalue weighted by Crippen LogP contribution is 2.29. The zero-order valence-electron chi connectivity index (χ0n) is 16.2. The third-order valence-electron chi connectivity index (χ3n) is 4.37. The van der Waals surface area contributed by atoms with Crippen LogP contribution in [0.2, 0.25) is 0 Å². The Balaban J connectivity index is 1.53. The molecule has 1 heterocycles. The van der Waals surface area contributed by atoms with Crippen LogP contribution in [-0.2, 0) is 16.1 Å². The Bertz CT molecular complexity index is 1200. The number of rotatable bonds is 7. The lowest BCUT2D eigenvalue weighted by Crippen LogP contribution is -2.08. The van der Waals surface area contributed by atoms with Gasteiger partial charge in [0.2, 0.25) is 0 Å². The summed E-state index contributed by atoms with van der Waals surface area (Å²) in [6, 6.07) is 21.4. The number of halogens is 2. The van der Waals surface area contributed by atoms with E-state index in [1.807, 2.05) is 30.3 Å². The summed E-state index contributed by atoms with van der Waals surface area (Å²) in [7, 11) is 0. The Labute approximate surface area is 181 Å². The number of para-hydroxylation sites is 1. The molecule has 0 atom stereocenters. The predicted octanol–water partition coefficient (Wildman–Crippen LogP) is 5.05. The molecule has 0 spiro atoms. The molecular weight excluding hydrogens is 420 g/mol. The van der Waals surface area contributed by atoms with E-state index in [4.69, 9.17) is 4.74 Å². The molecule has 0 saturated heterocycles. The van der Waals surface area contributed by atoms with Crippen LogP contribution >= 0.6 is 11.8 Å². The minimum absolute atomic E-state index is 0.0248. The van der Waals surface area contributed by atoms with Gasteiger partial charge in [0.15, 0.2) is 11.0 Å². The zero-order chi connectivity index (χ0) is 21.6. The van der Waals surface area contributed by atoms with Gasteiger partial charge in [0.25, 0.3) is 0 Å². The number of carbonyl (C=O) groups is 1. The van der Waals surface area contributed by atoms with Gasteiger partial charge in [-0.25, -0.2) is 8.78 Å². The van der Waals surface area contributed by atoms with Crippen LogP contribution in [0.4, 0.5) is 8.78 Å². The van der Waals surface area contributed by atoms with Gasteiger partial charge in [0, 0.05) is 5.69 Å². The molecule has 5 nitrogen and oxygen atoms in total. The van der Waals surface area contributed by atoms with E-state index in [9.17, 15) is 13.6 Å². The van der Waals surface area contributed by atoms with Crippen LogP contribution in [-0.4, -0.2) is 26.5 Å². The van der Waals surface area contributed by atoms with Gasteiger partial charge >= 0.3 is 5.97 Å². The molecular formula is C23H17F2N3O2S. The first-order valence-corrected chi connectivity index (χ1v) is 10.4. The first-order chi connectivity index (χ1) is 15.1. The zero-order valence-corrected chi connectivity index (χ0v) is 17.1. The smallest absolute Gasteiger partial charge is 0.316 e. The molecule has 0 aliphatic rings. The maximum Gasteiger partial charge on any atom is 0.316 e. The largest absolute Gasteiger partial charge is 0.460 e. The number of hydrogen-bond donors (Lipinski definition) is 0. The van der Waals surface area contributed by atoms with Crippen LogP contribution in [0.5, 0.6) is 0 Å². The van der Waals surface area contributed by atoms with E-state index in [1.165, 1.54) is 18.2 Å². The van der Waals surface area contributed by atoms with Gasteiger partial charge < -0.3 is 4.74 Å². The second-order valence-corrected chi connectivity index (χ2v) is 7.48. The van der Waals surface area contributed by atoms with E-state index < -0.39 is 11.8 Å². The van der Waals surface area contributed by atoms with Crippen molar-refractivity contribution in [2.75, 3.05) is 5.75 Å². The maximum atomic E-state index is 14.4. The van der Waals surface area contributed by atoms with Crippen LogP contribution < -0.4 is 0 Å². The number of carbonyl (C=O) groups excluding carboxylic acids is 1. The molecule has 4 aromatic rings. The lowest BCUT2D eigenvalue weighted by Gasteiger charge is -2.11. The van der Waals surface area contributed by atoms with Crippen molar-refractivity contribution in [3.63, 3.8) is 0 Å². The Morgan fingerprint density at radius 1 is 0.935 bits per heavy atom. The SMILES string of the molecule is O=C(CSc1nnc(-c2ccccc2F)n1-c1ccccc1)OCc1cccc(F)c1. The Kier molecular flexibility index (Phi) is 6.37. The van der Waals surface area contributed by atoms with Crippen molar-refractivity contribution in [2.24, 2.45) is 0 Å². The summed E-state index contributed by atoms with van der Waals surface area (Å²) in [4.78, 5) is 12.2. The van der Waals surface area contributed by atoms with Crippen molar-refractivity contribution in [1.82, 2.24) is 14.8 Å². The molecule has 1 aromatic heterocycles. The lowest BCUT2D eigenvalue weighted by molar-refractivity contribution is -0.141. The predicted molar refractivity (Wildman–Crippen MR) is 114 cm³/mol. The summed E-state index contributed by atoms with van der Waals surface area (Å²) < 4.78 is 34.6. The van der Waals surface area contributed by atoms with Crippen molar-refractivity contribution in [3.05, 3.63) is 96.1 Å². The quantitative estimate of drug-likeness (QED) is 0.299. The van der Waals surface area contributed by atoms with E-state index in [0.29, 0.717) is 22.1 Å². The molecule has 0 aliphatic heterocycles. The second kappa shape index (κ2) is 9.53. The fraction of sp³-hybridized carbons (Fsp3) is 0.0870. The molecule has 4 rings (SSSR count). The highest BCUT2D eigenvalue weighted by atomic mass is 32.2. The van der Waals surface area contributed by atoms with Crippen molar-refractivity contribution >= 4 is 17.7 Å². The van der Waals surface area contributed by atoms with Crippen molar-refractivity contribution in [2.45, 2.75) is 11.8 Å². The van der Waals surface area contributed by atoms with Gasteiger partial charge in [-0.05, 0) is 42.0 Å². The molecule has 0 radical (unpaired) electrons. The summed E-state index contributed by atoms with van der Waals surface area (Å²) in [6.07, 6.45) is 0. The molecule has 0 fully saturated rings. The highest BCUT2D eigenvalue weighted by molar-refractivity contribution is 7.99. The molecule has 156 valence electrons. The lowest BCUT2D eigenvalue weighted by atomic mass is 10.2. The summed E-state index contributed by atoms with van der Waals surface area (Å²) in [5, 5.41) is 8.75. The number of nitrogens with zero attached hydrogens (tertiary/aromatic N) is 3. The van der Waals surface area contributed by atoms with Crippen molar-refractivity contribution in [3.8, 4) is 17.1 Å². The van der Waals surface area contributed by atoms with E-state index in [-0.39, 0.29) is 18.2 Å². The Morgan fingerprint density at radius 2 is 1.71 bits per heavy atom. The number of thioether (sulfide) groups is 1. The summed E-state index contributed by atoms with van der Waals surface area (Å²) in [5.41, 5.74) is 1.61. The van der Waals surface area contributed by atoms with Crippen LogP contribution in [0.25, 0.3) is 17.1 Å². The van der Waals surface area contributed by atoms with E-state index in [1.54, 1.807) is 34.9 Å². The maximum absolute atomic E-state index is 14.4. The van der Waals surface area contributed by atoms with Gasteiger partial charge in [-0.1, -0.05) is 54.2 Å². The molecule has 0 unspecified atom stereocenters. The average Bonchev–Trinajstić information content (AvgIpc) is 3.21. The Hall–Kier alpha value is -3.52. The Morgan fingerprint density at radius 3 is 2.48 bits per heavy atom. The number of benzene rings is 3. The average molecular weight is 437 g/mol. The van der Waals surface area contributed by atoms with Crippen LogP contribution in [0.3, 0.4) is 0 Å². The first-order valence-electron chi connectivity index (χ1n) is 9.40. The molecule has 31 heavy (non-hydrogen) atoms. The fourth-order valence-electron chi connectivity index (χ4n) is 2.95. The molecule has 3 aromatic carbocycles. The minimum Gasteiger partial charge on any atom is -0.460 e. The van der Waals surface area contributed by atoms with Gasteiger partial charge in [0.05, 0.1) is 11.3 Å². The summed E-state index contributed by atoms with van der Waals surface area (Å²) in [5.74, 6) is -0.987. The first kappa shape index (κ1) is 20.7. The summed E-state index contributed by atoms with van der Waals surface area (Å²) in [6.45, 7) is -0.0248. The monoisotopic (exact) mass is 437 g/mol. The van der Waals surface area contributed by atoms with Crippen LogP contribution in [0.15, 0.2) is 84.0 Å². The standard InChI is InChI=1S/C23H17F2N3O2S/c24-17-8-6-7-16(13-17)14-30-21(29)15-31-23-27-26-22(19-11-4-5-12-20(19)25)28(23)18-9-2-1-3-10-18/h1-13H,14-15H2. The third-order valence-corrected chi connectivity index (χ3v) is 5.27. The number of esters is 1. The molecule has 0 aliphatic carbocycles. The molecule has 0 amide bonds. The van der Waals surface area contributed by atoms with Crippen molar-refractivity contribution in [1.29, 1.82) is 0 Å². The molecule has 0 saturated carbocycles. The summed E-state index contributed by atoms with van der Waals surface area (Å²) >= 11 is 1.13. The topological polar surface area (TPSA) is 57.0 Å². The normalized spacial score (nSPS) is 10.8. The second-order valence-electron chi connectivity index (χ2n) is 6.54. The fourth-order valence-corrected chi connectivity index (χ4v) is 3.70. The van der Waals surface area contributed by atoms with Gasteiger partial charge in [-0.15, -0.1) is 10.2 Å². The highest BCUT2D eigenvalue weighted by Gasteiger charge is 2.19. The van der Waals surface area contributed by atoms with Gasteiger partial charge in [0.1, 0.15) is 18.2 Å². The number of aromatic nitrogens is 3. The van der Waals surface area contributed by atoms with E-state index in [0.717, 1.165) is 17.4 Å². The van der Waals surface area contributed by atoms with E-state index >= 15 is 0 Å². The van der Waals surface area contributed by atoms with Crippen LogP contribution in [0, 0.1) is 11.6 Å². The minimum atomic E-state index is -0.482. The van der Waals surface area contributed by atoms with E-state index in [2.05, 4.69) is 10.2 Å². The number of ether oxygens (including phenoxy) is 1. The third kappa shape index (κ3) is 4.97. The van der Waals surface area contributed by atoms with Crippen molar-refractivity contribution < 1.29 is 18.3 Å². The number of hydrogen-bond acceptors (Lipinski definition) is 5. The molecule has 0 bridgehead atoms.